The summed E-state index contributed by atoms with van der Waals surface area (Å²) in [5.74, 6) is 0.897. The molecule has 0 spiro atoms. The van der Waals surface area contributed by atoms with E-state index in [1.54, 1.807) is 0 Å². The van der Waals surface area contributed by atoms with Crippen molar-refractivity contribution in [2.45, 2.75) is 37.8 Å². The minimum atomic E-state index is 0.344. The molecule has 3 heterocycles. The number of rotatable bonds is 1. The molecule has 0 amide bonds. The Kier molecular flexibility index (Phi) is 2.12. The summed E-state index contributed by atoms with van der Waals surface area (Å²) in [6.07, 6.45) is 4.74. The largest absolute Gasteiger partial charge is 0.374 e. The number of nitrogens with zero attached hydrogens (tertiary/aromatic N) is 3. The van der Waals surface area contributed by atoms with Crippen LogP contribution < -0.4 is 4.90 Å². The molecule has 0 aromatic carbocycles. The van der Waals surface area contributed by atoms with Gasteiger partial charge in [0.2, 0.25) is 0 Å². The molecule has 1 aliphatic carbocycles. The van der Waals surface area contributed by atoms with Gasteiger partial charge >= 0.3 is 0 Å². The van der Waals surface area contributed by atoms with Gasteiger partial charge in [0.05, 0.1) is 24.3 Å². The molecule has 1 aromatic heterocycles. The van der Waals surface area contributed by atoms with Crippen LogP contribution in [0.1, 0.15) is 29.7 Å². The van der Waals surface area contributed by atoms with Crippen LogP contribution in [0.25, 0.3) is 0 Å². The highest BCUT2D eigenvalue weighted by Gasteiger charge is 2.40. The van der Waals surface area contributed by atoms with Gasteiger partial charge in [-0.2, -0.15) is 5.26 Å². The number of nitriles is 1. The average Bonchev–Trinajstić information content (AvgIpc) is 3.12. The number of hydrogen-bond donors (Lipinski definition) is 0. The molecule has 1 aromatic rings. The first-order chi connectivity index (χ1) is 8.85. The van der Waals surface area contributed by atoms with E-state index in [2.05, 4.69) is 17.0 Å². The highest BCUT2D eigenvalue weighted by Crippen LogP contribution is 2.35. The van der Waals surface area contributed by atoms with Crippen LogP contribution in [0.2, 0.25) is 0 Å². The summed E-state index contributed by atoms with van der Waals surface area (Å²) < 4.78 is 5.62. The van der Waals surface area contributed by atoms with Gasteiger partial charge in [-0.3, -0.25) is 0 Å². The molecule has 4 rings (SSSR count). The van der Waals surface area contributed by atoms with Crippen molar-refractivity contribution in [3.63, 3.8) is 0 Å². The van der Waals surface area contributed by atoms with Crippen LogP contribution in [-0.2, 0) is 17.6 Å². The van der Waals surface area contributed by atoms with Crippen molar-refractivity contribution in [3.8, 4) is 6.07 Å². The van der Waals surface area contributed by atoms with Gasteiger partial charge in [0.1, 0.15) is 11.9 Å². The number of aryl methyl sites for hydroxylation is 2. The van der Waals surface area contributed by atoms with Crippen molar-refractivity contribution in [1.29, 1.82) is 5.26 Å². The van der Waals surface area contributed by atoms with Crippen molar-refractivity contribution >= 4 is 5.82 Å². The number of fused-ring (bicyclic) bond motifs is 3. The van der Waals surface area contributed by atoms with E-state index in [1.807, 2.05) is 0 Å². The Morgan fingerprint density at radius 2 is 2.39 bits per heavy atom. The summed E-state index contributed by atoms with van der Waals surface area (Å²) in [7, 11) is 0. The quantitative estimate of drug-likeness (QED) is 0.746. The van der Waals surface area contributed by atoms with Gasteiger partial charge < -0.3 is 9.64 Å². The standard InChI is InChI=1S/C14H15N3O/c15-6-10-4-9-2-1-3-13(9)16-14(10)17-7-12-5-11(17)8-18-12/h4,11-12H,1-3,5,7-8H2/t11-,12+/m0/s1. The van der Waals surface area contributed by atoms with Crippen molar-refractivity contribution in [2.75, 3.05) is 18.1 Å². The van der Waals surface area contributed by atoms with E-state index in [4.69, 9.17) is 9.72 Å². The third-order valence-electron chi connectivity index (χ3n) is 4.32. The summed E-state index contributed by atoms with van der Waals surface area (Å²) in [6, 6.07) is 4.79. The summed E-state index contributed by atoms with van der Waals surface area (Å²) in [5.41, 5.74) is 3.21. The molecular weight excluding hydrogens is 226 g/mol. The number of ether oxygens (including phenoxy) is 1. The maximum Gasteiger partial charge on any atom is 0.147 e. The third kappa shape index (κ3) is 1.37. The average molecular weight is 241 g/mol. The van der Waals surface area contributed by atoms with Gasteiger partial charge in [-0.25, -0.2) is 4.98 Å². The number of anilines is 1. The predicted molar refractivity (Wildman–Crippen MR) is 66.5 cm³/mol. The summed E-state index contributed by atoms with van der Waals surface area (Å²) >= 11 is 0. The van der Waals surface area contributed by atoms with Crippen LogP contribution in [0, 0.1) is 11.3 Å². The molecule has 4 heteroatoms. The maximum atomic E-state index is 9.33. The van der Waals surface area contributed by atoms with Gasteiger partial charge in [-0.05, 0) is 37.3 Å². The monoisotopic (exact) mass is 241 g/mol. The second-order valence-electron chi connectivity index (χ2n) is 5.43. The Morgan fingerprint density at radius 1 is 1.44 bits per heavy atom. The van der Waals surface area contributed by atoms with Crippen LogP contribution in [0.15, 0.2) is 6.07 Å². The van der Waals surface area contributed by atoms with Crippen LogP contribution in [0.5, 0.6) is 0 Å². The van der Waals surface area contributed by atoms with Gasteiger partial charge in [0.15, 0.2) is 0 Å². The van der Waals surface area contributed by atoms with Crippen molar-refractivity contribution in [1.82, 2.24) is 4.98 Å². The lowest BCUT2D eigenvalue weighted by Gasteiger charge is -2.29. The first kappa shape index (κ1) is 10.3. The summed E-state index contributed by atoms with van der Waals surface area (Å²) in [5, 5.41) is 9.33. The summed E-state index contributed by atoms with van der Waals surface area (Å²) in [4.78, 5) is 7.06. The van der Waals surface area contributed by atoms with E-state index in [1.165, 1.54) is 17.7 Å². The van der Waals surface area contributed by atoms with E-state index < -0.39 is 0 Å². The SMILES string of the molecule is N#Cc1cc2c(nc1N1C[C@H]3C[C@H]1CO3)CCC2. The lowest BCUT2D eigenvalue weighted by Crippen LogP contribution is -2.38. The Morgan fingerprint density at radius 3 is 3.11 bits per heavy atom. The normalized spacial score (nSPS) is 28.5. The number of hydrogen-bond acceptors (Lipinski definition) is 4. The molecule has 18 heavy (non-hydrogen) atoms. The smallest absolute Gasteiger partial charge is 0.147 e. The predicted octanol–water partition coefficient (Wildman–Crippen LogP) is 1.42. The van der Waals surface area contributed by atoms with Crippen LogP contribution >= 0.6 is 0 Å². The lowest BCUT2D eigenvalue weighted by molar-refractivity contribution is 0.0988. The Balaban J connectivity index is 1.78. The Hall–Kier alpha value is -1.60. The van der Waals surface area contributed by atoms with Gasteiger partial charge in [0, 0.05) is 12.2 Å². The number of pyridine rings is 1. The zero-order valence-electron chi connectivity index (χ0n) is 10.2. The number of morpholine rings is 1. The molecule has 0 saturated carbocycles. The molecule has 3 aliphatic rings. The minimum Gasteiger partial charge on any atom is -0.374 e. The zero-order chi connectivity index (χ0) is 12.1. The molecule has 0 radical (unpaired) electrons. The second-order valence-corrected chi connectivity index (χ2v) is 5.43. The van der Waals surface area contributed by atoms with Gasteiger partial charge in [-0.15, -0.1) is 0 Å². The molecule has 92 valence electrons. The van der Waals surface area contributed by atoms with Crippen LogP contribution in [0.4, 0.5) is 5.82 Å². The van der Waals surface area contributed by atoms with E-state index in [9.17, 15) is 5.26 Å². The maximum absolute atomic E-state index is 9.33. The Bertz CT molecular complexity index is 549. The van der Waals surface area contributed by atoms with Gasteiger partial charge in [0.25, 0.3) is 0 Å². The molecular formula is C14H15N3O. The Labute approximate surface area is 106 Å². The van der Waals surface area contributed by atoms with Gasteiger partial charge in [-0.1, -0.05) is 0 Å². The molecule has 4 nitrogen and oxygen atoms in total. The topological polar surface area (TPSA) is 49.2 Å². The molecule has 0 N–H and O–H groups in total. The zero-order valence-corrected chi connectivity index (χ0v) is 10.2. The molecule has 0 unspecified atom stereocenters. The molecule has 2 saturated heterocycles. The highest BCUT2D eigenvalue weighted by atomic mass is 16.5. The van der Waals surface area contributed by atoms with Crippen molar-refractivity contribution in [3.05, 3.63) is 22.9 Å². The fraction of sp³-hybridized carbons (Fsp3) is 0.571. The van der Waals surface area contributed by atoms with E-state index in [0.717, 1.165) is 43.8 Å². The summed E-state index contributed by atoms with van der Waals surface area (Å²) in [6.45, 7) is 1.68. The first-order valence-corrected chi connectivity index (χ1v) is 6.66. The molecule has 2 aliphatic heterocycles. The van der Waals surface area contributed by atoms with E-state index in [-0.39, 0.29) is 0 Å². The minimum absolute atomic E-state index is 0.344. The van der Waals surface area contributed by atoms with Crippen molar-refractivity contribution < 1.29 is 4.74 Å². The molecule has 2 bridgehead atoms. The van der Waals surface area contributed by atoms with Crippen molar-refractivity contribution in [2.24, 2.45) is 0 Å². The lowest BCUT2D eigenvalue weighted by atomic mass is 10.1. The fourth-order valence-corrected chi connectivity index (χ4v) is 3.42. The molecule has 2 fully saturated rings. The van der Waals surface area contributed by atoms with Crippen LogP contribution in [0.3, 0.4) is 0 Å². The van der Waals surface area contributed by atoms with Crippen LogP contribution in [-0.4, -0.2) is 30.3 Å². The number of aromatic nitrogens is 1. The third-order valence-corrected chi connectivity index (χ3v) is 4.32. The highest BCUT2D eigenvalue weighted by molar-refractivity contribution is 5.58. The fourth-order valence-electron chi connectivity index (χ4n) is 3.42. The second kappa shape index (κ2) is 3.69. The van der Waals surface area contributed by atoms with E-state index in [0.29, 0.717) is 12.1 Å². The van der Waals surface area contributed by atoms with E-state index >= 15 is 0 Å². The first-order valence-electron chi connectivity index (χ1n) is 6.66. The molecule has 2 atom stereocenters.